The minimum absolute atomic E-state index is 0.0117. The standard InChI is InChI=1S/C22H22FNO6/c1-3-29-22(26)20(21(25)16-6-4-13(2)10-18(16)23)17(12-24(27)28)14-5-7-19-15(11-14)8-9-30-19/h4-7,10-11,17,20H,3,8-9,12H2,1-2H3. The highest BCUT2D eigenvalue weighted by Gasteiger charge is 2.41. The van der Waals surface area contributed by atoms with E-state index >= 15 is 0 Å². The first-order valence-electron chi connectivity index (χ1n) is 9.66. The molecule has 0 aliphatic carbocycles. The molecule has 30 heavy (non-hydrogen) atoms. The number of carbonyl (C=O) groups is 2. The number of benzene rings is 2. The van der Waals surface area contributed by atoms with Crippen LogP contribution in [0.1, 0.15) is 39.9 Å². The molecule has 0 N–H and O–H groups in total. The second kappa shape index (κ2) is 9.02. The van der Waals surface area contributed by atoms with Gasteiger partial charge in [-0.1, -0.05) is 18.2 Å². The van der Waals surface area contributed by atoms with Crippen molar-refractivity contribution in [2.75, 3.05) is 19.8 Å². The molecule has 158 valence electrons. The van der Waals surface area contributed by atoms with Gasteiger partial charge in [0.25, 0.3) is 0 Å². The third-order valence-electron chi connectivity index (χ3n) is 5.10. The molecule has 0 bridgehead atoms. The molecule has 0 saturated carbocycles. The molecule has 1 heterocycles. The van der Waals surface area contributed by atoms with Gasteiger partial charge in [-0.05, 0) is 48.7 Å². The topological polar surface area (TPSA) is 95.7 Å². The highest BCUT2D eigenvalue weighted by atomic mass is 19.1. The Morgan fingerprint density at radius 1 is 1.27 bits per heavy atom. The maximum atomic E-state index is 14.5. The number of aryl methyl sites for hydroxylation is 1. The van der Waals surface area contributed by atoms with Gasteiger partial charge in [-0.15, -0.1) is 0 Å². The van der Waals surface area contributed by atoms with Crippen LogP contribution in [0, 0.1) is 28.8 Å². The number of hydrogen-bond donors (Lipinski definition) is 0. The van der Waals surface area contributed by atoms with Crippen LogP contribution in [0.3, 0.4) is 0 Å². The van der Waals surface area contributed by atoms with Gasteiger partial charge in [-0.2, -0.15) is 0 Å². The fourth-order valence-electron chi connectivity index (χ4n) is 3.67. The summed E-state index contributed by atoms with van der Waals surface area (Å²) < 4.78 is 25.0. The first kappa shape index (κ1) is 21.4. The van der Waals surface area contributed by atoms with E-state index in [1.807, 2.05) is 0 Å². The zero-order valence-electron chi connectivity index (χ0n) is 16.7. The minimum Gasteiger partial charge on any atom is -0.493 e. The third-order valence-corrected chi connectivity index (χ3v) is 5.10. The Bertz CT molecular complexity index is 990. The van der Waals surface area contributed by atoms with Gasteiger partial charge < -0.3 is 9.47 Å². The molecule has 0 aromatic heterocycles. The van der Waals surface area contributed by atoms with Gasteiger partial charge in [0.15, 0.2) is 5.78 Å². The van der Waals surface area contributed by atoms with E-state index in [4.69, 9.17) is 9.47 Å². The van der Waals surface area contributed by atoms with Gasteiger partial charge in [0.2, 0.25) is 6.54 Å². The molecule has 2 aromatic rings. The number of hydrogen-bond acceptors (Lipinski definition) is 6. The SMILES string of the molecule is CCOC(=O)C(C(=O)c1ccc(C)cc1F)C(C[N+](=O)[O-])c1ccc2c(c1)CCO2. The van der Waals surface area contributed by atoms with E-state index in [0.717, 1.165) is 5.56 Å². The summed E-state index contributed by atoms with van der Waals surface area (Å²) in [6.45, 7) is 3.04. The normalized spacial score (nSPS) is 14.4. The van der Waals surface area contributed by atoms with Crippen LogP contribution in [0.4, 0.5) is 4.39 Å². The lowest BCUT2D eigenvalue weighted by Gasteiger charge is -2.23. The Labute approximate surface area is 173 Å². The smallest absolute Gasteiger partial charge is 0.317 e. The highest BCUT2D eigenvalue weighted by molar-refractivity contribution is 6.09. The molecule has 0 saturated heterocycles. The Morgan fingerprint density at radius 2 is 2.03 bits per heavy atom. The van der Waals surface area contributed by atoms with Crippen molar-refractivity contribution < 1.29 is 28.4 Å². The summed E-state index contributed by atoms with van der Waals surface area (Å²) in [5, 5.41) is 11.4. The van der Waals surface area contributed by atoms with Crippen LogP contribution in [0.5, 0.6) is 5.75 Å². The van der Waals surface area contributed by atoms with Gasteiger partial charge in [0.1, 0.15) is 17.5 Å². The highest BCUT2D eigenvalue weighted by Crippen LogP contribution is 2.34. The van der Waals surface area contributed by atoms with Crippen LogP contribution in [0.15, 0.2) is 36.4 Å². The number of nitrogens with zero attached hydrogens (tertiary/aromatic N) is 1. The van der Waals surface area contributed by atoms with E-state index in [2.05, 4.69) is 0 Å². The maximum Gasteiger partial charge on any atom is 0.317 e. The molecule has 1 aliphatic rings. The van der Waals surface area contributed by atoms with Crippen LogP contribution in [-0.2, 0) is 16.0 Å². The summed E-state index contributed by atoms with van der Waals surface area (Å²) in [4.78, 5) is 36.8. The molecular formula is C22H22FNO6. The number of rotatable bonds is 8. The van der Waals surface area contributed by atoms with Crippen LogP contribution >= 0.6 is 0 Å². The van der Waals surface area contributed by atoms with Gasteiger partial charge in [0, 0.05) is 11.3 Å². The van der Waals surface area contributed by atoms with Crippen molar-refractivity contribution in [3.05, 3.63) is 74.6 Å². The predicted octanol–water partition coefficient (Wildman–Crippen LogP) is 3.49. The van der Waals surface area contributed by atoms with E-state index < -0.39 is 40.9 Å². The van der Waals surface area contributed by atoms with Crippen molar-refractivity contribution in [1.82, 2.24) is 0 Å². The molecule has 2 unspecified atom stereocenters. The van der Waals surface area contributed by atoms with Crippen molar-refractivity contribution in [2.45, 2.75) is 26.2 Å². The Morgan fingerprint density at radius 3 is 2.70 bits per heavy atom. The number of carbonyl (C=O) groups excluding carboxylic acids is 2. The molecule has 0 fully saturated rings. The maximum absolute atomic E-state index is 14.5. The molecule has 8 heteroatoms. The van der Waals surface area contributed by atoms with E-state index in [-0.39, 0.29) is 12.2 Å². The first-order chi connectivity index (χ1) is 14.3. The number of ketones is 1. The lowest BCUT2D eigenvalue weighted by atomic mass is 9.80. The Balaban J connectivity index is 2.08. The monoisotopic (exact) mass is 415 g/mol. The van der Waals surface area contributed by atoms with Crippen LogP contribution < -0.4 is 4.74 Å². The van der Waals surface area contributed by atoms with Crippen LogP contribution in [-0.4, -0.2) is 36.4 Å². The summed E-state index contributed by atoms with van der Waals surface area (Å²) in [5.74, 6) is -4.52. The van der Waals surface area contributed by atoms with Crippen molar-refractivity contribution >= 4 is 11.8 Å². The van der Waals surface area contributed by atoms with Crippen LogP contribution in [0.25, 0.3) is 0 Å². The van der Waals surface area contributed by atoms with Gasteiger partial charge in [0.05, 0.1) is 24.7 Å². The van der Waals surface area contributed by atoms with Crippen molar-refractivity contribution in [3.63, 3.8) is 0 Å². The Kier molecular flexibility index (Phi) is 6.44. The first-order valence-corrected chi connectivity index (χ1v) is 9.66. The molecule has 2 atom stereocenters. The average Bonchev–Trinajstić information content (AvgIpc) is 3.15. The molecule has 0 spiro atoms. The summed E-state index contributed by atoms with van der Waals surface area (Å²) >= 11 is 0. The second-order valence-electron chi connectivity index (χ2n) is 7.16. The van der Waals surface area contributed by atoms with Crippen molar-refractivity contribution in [1.29, 1.82) is 0 Å². The fraction of sp³-hybridized carbons (Fsp3) is 0.364. The zero-order chi connectivity index (χ0) is 21.8. The average molecular weight is 415 g/mol. The van der Waals surface area contributed by atoms with E-state index in [1.165, 1.54) is 12.1 Å². The lowest BCUT2D eigenvalue weighted by Crippen LogP contribution is -2.35. The quantitative estimate of drug-likeness (QED) is 0.215. The van der Waals surface area contributed by atoms with Gasteiger partial charge in [-0.25, -0.2) is 4.39 Å². The minimum atomic E-state index is -1.55. The predicted molar refractivity (Wildman–Crippen MR) is 106 cm³/mol. The summed E-state index contributed by atoms with van der Waals surface area (Å²) in [7, 11) is 0. The summed E-state index contributed by atoms with van der Waals surface area (Å²) in [6, 6.07) is 9.01. The van der Waals surface area contributed by atoms with Gasteiger partial charge >= 0.3 is 5.97 Å². The molecule has 2 aromatic carbocycles. The number of nitro groups is 1. The fourth-order valence-corrected chi connectivity index (χ4v) is 3.67. The second-order valence-corrected chi connectivity index (χ2v) is 7.16. The van der Waals surface area contributed by atoms with Gasteiger partial charge in [-0.3, -0.25) is 19.7 Å². The largest absolute Gasteiger partial charge is 0.493 e. The summed E-state index contributed by atoms with van der Waals surface area (Å²) in [6.07, 6.45) is 0.624. The number of halogens is 1. The Hall–Kier alpha value is -3.29. The molecule has 7 nitrogen and oxygen atoms in total. The number of Topliss-reactive ketones (excluding diaryl/α,β-unsaturated/α-hetero) is 1. The molecule has 1 aliphatic heterocycles. The van der Waals surface area contributed by atoms with Crippen molar-refractivity contribution in [3.8, 4) is 5.75 Å². The molecule has 0 radical (unpaired) electrons. The zero-order valence-corrected chi connectivity index (χ0v) is 16.7. The van der Waals surface area contributed by atoms with E-state index in [0.29, 0.717) is 29.9 Å². The van der Waals surface area contributed by atoms with E-state index in [1.54, 1.807) is 38.1 Å². The third kappa shape index (κ3) is 4.48. The van der Waals surface area contributed by atoms with Crippen molar-refractivity contribution in [2.24, 2.45) is 5.92 Å². The van der Waals surface area contributed by atoms with Crippen LogP contribution in [0.2, 0.25) is 0 Å². The summed E-state index contributed by atoms with van der Waals surface area (Å²) in [5.41, 5.74) is 1.60. The molecule has 3 rings (SSSR count). The number of esters is 1. The molecular weight excluding hydrogens is 393 g/mol. The lowest BCUT2D eigenvalue weighted by molar-refractivity contribution is -0.484. The number of fused-ring (bicyclic) bond motifs is 1. The number of ether oxygens (including phenoxy) is 2. The van der Waals surface area contributed by atoms with E-state index in [9.17, 15) is 24.1 Å². The molecule has 0 amide bonds.